The third-order valence-corrected chi connectivity index (χ3v) is 10.4. The van der Waals surface area contributed by atoms with Gasteiger partial charge in [0, 0.05) is 0 Å². The highest BCUT2D eigenvalue weighted by molar-refractivity contribution is 6.28. The highest BCUT2D eigenvalue weighted by atomic mass is 16.1. The van der Waals surface area contributed by atoms with Crippen molar-refractivity contribution in [2.45, 2.75) is 0 Å². The largest absolute Gasteiger partial charge is 0.338 e. The summed E-state index contributed by atoms with van der Waals surface area (Å²) in [4.78, 5) is 14.0. The van der Waals surface area contributed by atoms with Crippen molar-refractivity contribution in [2.75, 3.05) is 0 Å². The fraction of sp³-hybridized carbons (Fsp3) is 0. The number of fused-ring (bicyclic) bond motifs is 5. The van der Waals surface area contributed by atoms with Crippen molar-refractivity contribution in [3.63, 3.8) is 0 Å². The van der Waals surface area contributed by atoms with Gasteiger partial charge in [-0.3, -0.25) is 9.13 Å². The van der Waals surface area contributed by atoms with E-state index in [4.69, 9.17) is 0 Å². The number of benzene rings is 9. The fourth-order valence-corrected chi connectivity index (χ4v) is 8.12. The Kier molecular flexibility index (Phi) is 6.97. The van der Waals surface area contributed by atoms with Gasteiger partial charge >= 0.3 is 5.69 Å². The van der Waals surface area contributed by atoms with E-state index in [0.29, 0.717) is 0 Å². The lowest BCUT2D eigenvalue weighted by Gasteiger charge is -2.20. The number of hydrogen-bond acceptors (Lipinski definition) is 1. The molecule has 0 spiro atoms. The average Bonchev–Trinajstić information content (AvgIpc) is 3.52. The van der Waals surface area contributed by atoms with Crippen molar-refractivity contribution >= 4 is 43.4 Å². The van der Waals surface area contributed by atoms with Gasteiger partial charge < -0.3 is 0 Å². The van der Waals surface area contributed by atoms with E-state index in [1.165, 1.54) is 54.6 Å². The van der Waals surface area contributed by atoms with E-state index in [-0.39, 0.29) is 5.69 Å². The van der Waals surface area contributed by atoms with Gasteiger partial charge in [-0.25, -0.2) is 4.79 Å². The van der Waals surface area contributed by atoms with Crippen molar-refractivity contribution in [1.29, 1.82) is 0 Å². The molecule has 52 heavy (non-hydrogen) atoms. The Morgan fingerprint density at radius 3 is 1.42 bits per heavy atom. The molecule has 0 aliphatic carbocycles. The Balaban J connectivity index is 1.20. The van der Waals surface area contributed by atoms with Gasteiger partial charge in [-0.15, -0.1) is 0 Å². The maximum atomic E-state index is 14.0. The summed E-state index contributed by atoms with van der Waals surface area (Å²) in [5.74, 6) is 0. The van der Waals surface area contributed by atoms with Crippen LogP contribution in [0, 0.1) is 0 Å². The molecule has 10 rings (SSSR count). The Morgan fingerprint density at radius 1 is 0.308 bits per heavy atom. The smallest absolute Gasteiger partial charge is 0.260 e. The minimum Gasteiger partial charge on any atom is -0.260 e. The molecule has 0 saturated carbocycles. The van der Waals surface area contributed by atoms with Crippen LogP contribution in [0.25, 0.3) is 88.1 Å². The van der Waals surface area contributed by atoms with E-state index in [0.717, 1.165) is 33.5 Å². The first-order chi connectivity index (χ1) is 25.8. The maximum Gasteiger partial charge on any atom is 0.338 e. The maximum absolute atomic E-state index is 14.0. The molecule has 1 heterocycles. The molecular formula is C49H32N2O. The number of para-hydroxylation sites is 3. The normalized spacial score (nSPS) is 11.5. The van der Waals surface area contributed by atoms with E-state index >= 15 is 0 Å². The summed E-state index contributed by atoms with van der Waals surface area (Å²) in [5.41, 5.74) is 10.5. The number of aromatic nitrogens is 2. The van der Waals surface area contributed by atoms with Gasteiger partial charge in [0.25, 0.3) is 0 Å². The standard InChI is InChI=1S/C49H32N2O/c52-49-50(36-19-8-3-9-20-36)44-25-12-13-26-45(44)51(49)37-29-27-33(28-30-37)38-23-14-24-40-39(38)31-32-43-46(34-15-4-1-5-16-34)41-21-10-11-22-42(41)47(48(40)43)35-17-6-2-7-18-35/h1-32H. The van der Waals surface area contributed by atoms with Gasteiger partial charge in [0.15, 0.2) is 0 Å². The van der Waals surface area contributed by atoms with E-state index in [1.807, 2.05) is 59.2 Å². The molecule has 3 nitrogen and oxygen atoms in total. The molecule has 0 N–H and O–H groups in total. The zero-order valence-corrected chi connectivity index (χ0v) is 28.3. The van der Waals surface area contributed by atoms with E-state index in [9.17, 15) is 4.79 Å². The van der Waals surface area contributed by atoms with E-state index < -0.39 is 0 Å². The summed E-state index contributed by atoms with van der Waals surface area (Å²) < 4.78 is 3.60. The van der Waals surface area contributed by atoms with E-state index in [1.54, 1.807) is 4.57 Å². The van der Waals surface area contributed by atoms with Crippen LogP contribution in [0.4, 0.5) is 0 Å². The fourth-order valence-electron chi connectivity index (χ4n) is 8.12. The van der Waals surface area contributed by atoms with Crippen molar-refractivity contribution in [3.05, 3.63) is 205 Å². The van der Waals surface area contributed by atoms with E-state index in [2.05, 4.69) is 140 Å². The lowest BCUT2D eigenvalue weighted by molar-refractivity contribution is 0.931. The summed E-state index contributed by atoms with van der Waals surface area (Å²) in [6, 6.07) is 67.8. The molecule has 0 unspecified atom stereocenters. The molecule has 244 valence electrons. The van der Waals surface area contributed by atoms with Crippen LogP contribution in [0.15, 0.2) is 199 Å². The number of hydrogen-bond donors (Lipinski definition) is 0. The molecule has 0 fully saturated rings. The molecule has 0 aliphatic rings. The number of imidazole rings is 1. The second-order valence-electron chi connectivity index (χ2n) is 13.2. The van der Waals surface area contributed by atoms with Gasteiger partial charge in [0.1, 0.15) is 0 Å². The molecule has 10 aromatic rings. The van der Waals surface area contributed by atoms with Crippen LogP contribution in [-0.2, 0) is 0 Å². The number of nitrogens with zero attached hydrogens (tertiary/aromatic N) is 2. The topological polar surface area (TPSA) is 26.9 Å². The summed E-state index contributed by atoms with van der Waals surface area (Å²) in [6.07, 6.45) is 0. The molecule has 0 aliphatic heterocycles. The highest BCUT2D eigenvalue weighted by Crippen LogP contribution is 2.47. The zero-order valence-electron chi connectivity index (χ0n) is 28.3. The van der Waals surface area contributed by atoms with Crippen molar-refractivity contribution < 1.29 is 0 Å². The van der Waals surface area contributed by atoms with Crippen LogP contribution in [0.1, 0.15) is 0 Å². The molecule has 9 aromatic carbocycles. The van der Waals surface area contributed by atoms with Crippen molar-refractivity contribution in [1.82, 2.24) is 9.13 Å². The second kappa shape index (κ2) is 12.1. The molecule has 1 aromatic heterocycles. The SMILES string of the molecule is O=c1n(-c2ccccc2)c2ccccc2n1-c1ccc(-c2cccc3c2ccc2c(-c4ccccc4)c4ccccc4c(-c4ccccc4)c23)cc1. The first kappa shape index (κ1) is 29.9. The lowest BCUT2D eigenvalue weighted by atomic mass is 9.83. The molecule has 0 atom stereocenters. The minimum absolute atomic E-state index is 0.0910. The summed E-state index contributed by atoms with van der Waals surface area (Å²) in [7, 11) is 0. The van der Waals surface area contributed by atoms with Gasteiger partial charge in [-0.2, -0.15) is 0 Å². The predicted molar refractivity (Wildman–Crippen MR) is 218 cm³/mol. The van der Waals surface area contributed by atoms with Gasteiger partial charge in [0.2, 0.25) is 0 Å². The second-order valence-corrected chi connectivity index (χ2v) is 13.2. The quantitative estimate of drug-likeness (QED) is 0.133. The van der Waals surface area contributed by atoms with Crippen LogP contribution in [0.2, 0.25) is 0 Å². The van der Waals surface area contributed by atoms with Crippen molar-refractivity contribution in [2.24, 2.45) is 0 Å². The van der Waals surface area contributed by atoms with Crippen LogP contribution in [-0.4, -0.2) is 9.13 Å². The number of rotatable bonds is 5. The third kappa shape index (κ3) is 4.64. The van der Waals surface area contributed by atoms with Gasteiger partial charge in [-0.1, -0.05) is 158 Å². The Labute approximate surface area is 300 Å². The Hall–Kier alpha value is -6.97. The minimum atomic E-state index is -0.0910. The molecule has 0 saturated heterocycles. The van der Waals surface area contributed by atoms with Gasteiger partial charge in [-0.05, 0) is 102 Å². The molecule has 0 amide bonds. The third-order valence-electron chi connectivity index (χ3n) is 10.4. The molecule has 0 bridgehead atoms. The first-order valence-electron chi connectivity index (χ1n) is 17.7. The first-order valence-corrected chi connectivity index (χ1v) is 17.7. The molecular weight excluding hydrogens is 633 g/mol. The monoisotopic (exact) mass is 664 g/mol. The Bertz CT molecular complexity index is 3000. The summed E-state index contributed by atoms with van der Waals surface area (Å²) in [5, 5.41) is 7.37. The summed E-state index contributed by atoms with van der Waals surface area (Å²) in [6.45, 7) is 0. The summed E-state index contributed by atoms with van der Waals surface area (Å²) >= 11 is 0. The highest BCUT2D eigenvalue weighted by Gasteiger charge is 2.20. The molecule has 0 radical (unpaired) electrons. The lowest BCUT2D eigenvalue weighted by Crippen LogP contribution is -2.22. The van der Waals surface area contributed by atoms with Crippen LogP contribution in [0.5, 0.6) is 0 Å². The van der Waals surface area contributed by atoms with Crippen LogP contribution < -0.4 is 5.69 Å². The zero-order chi connectivity index (χ0) is 34.6. The predicted octanol–water partition coefficient (Wildman–Crippen LogP) is 12.2. The molecule has 3 heteroatoms. The van der Waals surface area contributed by atoms with Crippen LogP contribution in [0.3, 0.4) is 0 Å². The van der Waals surface area contributed by atoms with Crippen LogP contribution >= 0.6 is 0 Å². The average molecular weight is 665 g/mol. The Morgan fingerprint density at radius 2 is 0.788 bits per heavy atom. The van der Waals surface area contributed by atoms with Crippen molar-refractivity contribution in [3.8, 4) is 44.8 Å². The van der Waals surface area contributed by atoms with Gasteiger partial charge in [0.05, 0.1) is 22.4 Å².